The summed E-state index contributed by atoms with van der Waals surface area (Å²) in [7, 11) is 1.38. The van der Waals surface area contributed by atoms with Gasteiger partial charge in [-0.25, -0.2) is 0 Å². The van der Waals surface area contributed by atoms with Crippen molar-refractivity contribution in [2.24, 2.45) is 0 Å². The van der Waals surface area contributed by atoms with Gasteiger partial charge in [0.25, 0.3) is 0 Å². The molecule has 0 unspecified atom stereocenters. The molecule has 5 heteroatoms. The number of rotatable bonds is 1. The third-order valence-electron chi connectivity index (χ3n) is 0.545. The minimum Gasteiger partial charge on any atom is -0.480 e. The van der Waals surface area contributed by atoms with Crippen LogP contribution in [0.4, 0.5) is 0 Å². The molecule has 0 fully saturated rings. The van der Waals surface area contributed by atoms with Gasteiger partial charge in [-0.15, -0.1) is 24.8 Å². The van der Waals surface area contributed by atoms with Crippen LogP contribution in [0, 0.1) is 10.8 Å². The van der Waals surface area contributed by atoms with Gasteiger partial charge in [0.1, 0.15) is 0 Å². The average molecular weight is 173 g/mol. The standard InChI is InChI=1S/C4H8N2O.2ClH/c1-3(5)4(6)7-2;;/h5-6H,1-2H3;2*1H. The number of hydrogen-bond acceptors (Lipinski definition) is 3. The highest BCUT2D eigenvalue weighted by Crippen LogP contribution is 1.74. The van der Waals surface area contributed by atoms with Crippen LogP contribution in [0.3, 0.4) is 0 Å². The largest absolute Gasteiger partial charge is 0.480 e. The fourth-order valence-electron chi connectivity index (χ4n) is 0.153. The lowest BCUT2D eigenvalue weighted by Gasteiger charge is -1.94. The summed E-state index contributed by atoms with van der Waals surface area (Å²) in [5.74, 6) is -0.0694. The van der Waals surface area contributed by atoms with Crippen molar-refractivity contribution in [1.29, 1.82) is 10.8 Å². The molecule has 0 atom stereocenters. The van der Waals surface area contributed by atoms with E-state index in [9.17, 15) is 0 Å². The summed E-state index contributed by atoms with van der Waals surface area (Å²) in [5, 5.41) is 13.5. The van der Waals surface area contributed by atoms with Crippen molar-refractivity contribution in [2.45, 2.75) is 6.92 Å². The third kappa shape index (κ3) is 7.72. The van der Waals surface area contributed by atoms with Crippen LogP contribution in [0.15, 0.2) is 0 Å². The van der Waals surface area contributed by atoms with E-state index in [2.05, 4.69) is 4.74 Å². The minimum absolute atomic E-state index is 0. The van der Waals surface area contributed by atoms with Crippen LogP contribution < -0.4 is 0 Å². The molecule has 0 aliphatic carbocycles. The first-order valence-corrected chi connectivity index (χ1v) is 1.86. The lowest BCUT2D eigenvalue weighted by Crippen LogP contribution is -2.08. The minimum atomic E-state index is -0.0694. The fraction of sp³-hybridized carbons (Fsp3) is 0.500. The summed E-state index contributed by atoms with van der Waals surface area (Å²) in [4.78, 5) is 0. The van der Waals surface area contributed by atoms with Gasteiger partial charge in [0, 0.05) is 0 Å². The molecule has 0 saturated carbocycles. The van der Waals surface area contributed by atoms with Crippen LogP contribution in [0.1, 0.15) is 6.92 Å². The van der Waals surface area contributed by atoms with Crippen LogP contribution in [-0.4, -0.2) is 18.7 Å². The van der Waals surface area contributed by atoms with Crippen molar-refractivity contribution in [3.8, 4) is 0 Å². The summed E-state index contributed by atoms with van der Waals surface area (Å²) in [5.41, 5.74) is 0.155. The van der Waals surface area contributed by atoms with E-state index in [4.69, 9.17) is 10.8 Å². The Labute approximate surface area is 66.6 Å². The molecular formula is C4H10Cl2N2O. The van der Waals surface area contributed by atoms with Gasteiger partial charge in [-0.1, -0.05) is 0 Å². The topological polar surface area (TPSA) is 56.9 Å². The maximum Gasteiger partial charge on any atom is 0.226 e. The molecule has 0 radical (unpaired) electrons. The second kappa shape index (κ2) is 7.72. The SMILES string of the molecule is COC(=N)C(C)=N.Cl.Cl. The van der Waals surface area contributed by atoms with Gasteiger partial charge in [0.2, 0.25) is 5.90 Å². The van der Waals surface area contributed by atoms with Crippen molar-refractivity contribution in [2.75, 3.05) is 7.11 Å². The molecule has 56 valence electrons. The molecule has 0 aliphatic rings. The molecule has 0 heterocycles. The van der Waals surface area contributed by atoms with Crippen molar-refractivity contribution in [3.05, 3.63) is 0 Å². The Morgan fingerprint density at radius 1 is 1.22 bits per heavy atom. The molecule has 9 heavy (non-hydrogen) atoms. The van der Waals surface area contributed by atoms with Gasteiger partial charge < -0.3 is 10.1 Å². The first kappa shape index (κ1) is 15.9. The summed E-state index contributed by atoms with van der Waals surface area (Å²) in [6.07, 6.45) is 0. The Morgan fingerprint density at radius 3 is 1.56 bits per heavy atom. The molecule has 0 saturated heterocycles. The molecule has 0 aromatic heterocycles. The Morgan fingerprint density at radius 2 is 1.56 bits per heavy atom. The maximum absolute atomic E-state index is 6.75. The van der Waals surface area contributed by atoms with Gasteiger partial charge in [0.15, 0.2) is 0 Å². The van der Waals surface area contributed by atoms with E-state index in [1.165, 1.54) is 14.0 Å². The average Bonchev–Trinajstić information content (AvgIpc) is 1.65. The van der Waals surface area contributed by atoms with Crippen molar-refractivity contribution >= 4 is 36.4 Å². The second-order valence-corrected chi connectivity index (χ2v) is 1.16. The van der Waals surface area contributed by atoms with E-state index in [1.54, 1.807) is 0 Å². The fourth-order valence-corrected chi connectivity index (χ4v) is 0.153. The Kier molecular flexibility index (Phi) is 13.6. The van der Waals surface area contributed by atoms with Crippen LogP contribution in [0.2, 0.25) is 0 Å². The smallest absolute Gasteiger partial charge is 0.226 e. The second-order valence-electron chi connectivity index (χ2n) is 1.16. The van der Waals surface area contributed by atoms with Crippen molar-refractivity contribution in [1.82, 2.24) is 0 Å². The highest BCUT2D eigenvalue weighted by atomic mass is 35.5. The first-order valence-electron chi connectivity index (χ1n) is 1.86. The molecular weight excluding hydrogens is 163 g/mol. The van der Waals surface area contributed by atoms with E-state index in [0.29, 0.717) is 0 Å². The Hall–Kier alpha value is -0.280. The zero-order valence-corrected chi connectivity index (χ0v) is 6.86. The number of halogens is 2. The zero-order valence-electron chi connectivity index (χ0n) is 5.22. The van der Waals surface area contributed by atoms with E-state index >= 15 is 0 Å². The monoisotopic (exact) mass is 172 g/mol. The Balaban J connectivity index is -0.000000180. The molecule has 0 aliphatic heterocycles. The predicted octanol–water partition coefficient (Wildman–Crippen LogP) is 1.49. The van der Waals surface area contributed by atoms with Crippen molar-refractivity contribution in [3.63, 3.8) is 0 Å². The molecule has 0 aromatic rings. The normalized spacial score (nSPS) is 6.00. The van der Waals surface area contributed by atoms with Gasteiger partial charge in [-0.05, 0) is 6.92 Å². The molecule has 3 nitrogen and oxygen atoms in total. The van der Waals surface area contributed by atoms with Crippen LogP contribution in [0.25, 0.3) is 0 Å². The molecule has 2 N–H and O–H groups in total. The van der Waals surface area contributed by atoms with Crippen molar-refractivity contribution < 1.29 is 4.74 Å². The van der Waals surface area contributed by atoms with Crippen LogP contribution >= 0.6 is 24.8 Å². The summed E-state index contributed by atoms with van der Waals surface area (Å²) >= 11 is 0. The summed E-state index contributed by atoms with van der Waals surface area (Å²) in [6, 6.07) is 0. The highest BCUT2D eigenvalue weighted by molar-refractivity contribution is 6.35. The van der Waals surface area contributed by atoms with Gasteiger partial charge >= 0.3 is 0 Å². The van der Waals surface area contributed by atoms with E-state index < -0.39 is 0 Å². The zero-order chi connectivity index (χ0) is 5.86. The molecule has 0 spiro atoms. The van der Waals surface area contributed by atoms with E-state index in [0.717, 1.165) is 0 Å². The van der Waals surface area contributed by atoms with Crippen LogP contribution in [0.5, 0.6) is 0 Å². The summed E-state index contributed by atoms with van der Waals surface area (Å²) in [6.45, 7) is 1.51. The van der Waals surface area contributed by atoms with Gasteiger partial charge in [0.05, 0.1) is 12.8 Å². The number of hydrogen-bond donors (Lipinski definition) is 2. The third-order valence-corrected chi connectivity index (χ3v) is 0.545. The number of ether oxygens (including phenoxy) is 1. The molecule has 0 bridgehead atoms. The lowest BCUT2D eigenvalue weighted by molar-refractivity contribution is 0.407. The van der Waals surface area contributed by atoms with Gasteiger partial charge in [-0.3, -0.25) is 5.41 Å². The maximum atomic E-state index is 6.75. The molecule has 0 aromatic carbocycles. The first-order chi connectivity index (χ1) is 3.18. The summed E-state index contributed by atoms with van der Waals surface area (Å²) < 4.78 is 4.37. The lowest BCUT2D eigenvalue weighted by atomic mass is 10.4. The van der Waals surface area contributed by atoms with E-state index in [1.807, 2.05) is 0 Å². The molecule has 0 amide bonds. The van der Waals surface area contributed by atoms with Crippen LogP contribution in [-0.2, 0) is 4.74 Å². The quantitative estimate of drug-likeness (QED) is 0.458. The Bertz CT molecular complexity index is 105. The number of nitrogens with one attached hydrogen (secondary N) is 2. The molecule has 0 rings (SSSR count). The van der Waals surface area contributed by atoms with E-state index in [-0.39, 0.29) is 36.4 Å². The number of methoxy groups -OCH3 is 1. The van der Waals surface area contributed by atoms with Gasteiger partial charge in [-0.2, -0.15) is 0 Å². The highest BCUT2D eigenvalue weighted by Gasteiger charge is 1.92. The predicted molar refractivity (Wildman–Crippen MR) is 42.6 cm³/mol.